The number of rotatable bonds is 6. The van der Waals surface area contributed by atoms with Crippen LogP contribution in [0.5, 0.6) is 5.75 Å². The van der Waals surface area contributed by atoms with Crippen LogP contribution >= 0.6 is 11.6 Å². The smallest absolute Gasteiger partial charge is 0.260 e. The number of nitrogens with zero attached hydrogens (tertiary/aromatic N) is 3. The predicted octanol–water partition coefficient (Wildman–Crippen LogP) is 2.77. The fraction of sp³-hybridized carbons (Fsp3) is 0.435. The van der Waals surface area contributed by atoms with Gasteiger partial charge in [0.05, 0.1) is 12.7 Å². The number of piperazine rings is 1. The van der Waals surface area contributed by atoms with Gasteiger partial charge in [-0.1, -0.05) is 29.8 Å². The summed E-state index contributed by atoms with van der Waals surface area (Å²) >= 11 is 5.88. The summed E-state index contributed by atoms with van der Waals surface area (Å²) in [5.74, 6) is 0.640. The van der Waals surface area contributed by atoms with Crippen LogP contribution in [0.3, 0.4) is 0 Å². The number of ether oxygens (including phenoxy) is 2. The number of benzene rings is 2. The summed E-state index contributed by atoms with van der Waals surface area (Å²) in [7, 11) is 0. The number of amides is 1. The number of carbonyl (C=O) groups is 1. The summed E-state index contributed by atoms with van der Waals surface area (Å²) < 4.78 is 11.6. The molecule has 0 unspecified atom stereocenters. The molecule has 0 N–H and O–H groups in total. The van der Waals surface area contributed by atoms with E-state index in [1.807, 2.05) is 11.0 Å². The van der Waals surface area contributed by atoms with Gasteiger partial charge in [0.25, 0.3) is 5.91 Å². The van der Waals surface area contributed by atoms with Crippen molar-refractivity contribution in [2.75, 3.05) is 63.9 Å². The van der Waals surface area contributed by atoms with Gasteiger partial charge in [0.15, 0.2) is 6.61 Å². The van der Waals surface area contributed by atoms with Crippen molar-refractivity contribution < 1.29 is 14.3 Å². The van der Waals surface area contributed by atoms with Crippen LogP contribution in [0.25, 0.3) is 0 Å². The molecule has 0 bridgehead atoms. The third-order valence-electron chi connectivity index (χ3n) is 5.62. The van der Waals surface area contributed by atoms with Gasteiger partial charge in [-0.15, -0.1) is 0 Å². The Labute approximate surface area is 182 Å². The average molecular weight is 430 g/mol. The number of hydrogen-bond donors (Lipinski definition) is 0. The highest BCUT2D eigenvalue weighted by Crippen LogP contribution is 2.18. The normalized spacial score (nSPS) is 20.2. The van der Waals surface area contributed by atoms with Crippen molar-refractivity contribution in [3.05, 3.63) is 59.6 Å². The van der Waals surface area contributed by atoms with Crippen molar-refractivity contribution >= 4 is 23.2 Å². The van der Waals surface area contributed by atoms with Crippen molar-refractivity contribution in [1.29, 1.82) is 0 Å². The van der Waals surface area contributed by atoms with Gasteiger partial charge in [-0.2, -0.15) is 0 Å². The lowest BCUT2D eigenvalue weighted by Gasteiger charge is -2.40. The minimum Gasteiger partial charge on any atom is -0.484 e. The van der Waals surface area contributed by atoms with Crippen molar-refractivity contribution in [2.24, 2.45) is 0 Å². The molecule has 0 aromatic heterocycles. The maximum atomic E-state index is 12.6. The molecule has 1 atom stereocenters. The first-order valence-corrected chi connectivity index (χ1v) is 10.9. The van der Waals surface area contributed by atoms with Crippen LogP contribution in [0.1, 0.15) is 0 Å². The van der Waals surface area contributed by atoms with E-state index in [0.29, 0.717) is 30.5 Å². The van der Waals surface area contributed by atoms with E-state index in [1.165, 1.54) is 5.69 Å². The average Bonchev–Trinajstić information content (AvgIpc) is 2.80. The molecule has 2 aliphatic heterocycles. The molecule has 2 aromatic rings. The van der Waals surface area contributed by atoms with Gasteiger partial charge in [-0.05, 0) is 36.4 Å². The summed E-state index contributed by atoms with van der Waals surface area (Å²) in [5.41, 5.74) is 1.28. The number of hydrogen-bond acceptors (Lipinski definition) is 5. The number of morpholine rings is 1. The Morgan fingerprint density at radius 2 is 1.73 bits per heavy atom. The van der Waals surface area contributed by atoms with E-state index in [2.05, 4.69) is 34.1 Å². The number of carbonyl (C=O) groups excluding carboxylic acids is 1. The minimum absolute atomic E-state index is 0.00727. The van der Waals surface area contributed by atoms with E-state index >= 15 is 0 Å². The second kappa shape index (κ2) is 10.2. The van der Waals surface area contributed by atoms with E-state index in [-0.39, 0.29) is 18.6 Å². The van der Waals surface area contributed by atoms with Gasteiger partial charge >= 0.3 is 0 Å². The zero-order chi connectivity index (χ0) is 20.8. The summed E-state index contributed by atoms with van der Waals surface area (Å²) in [4.78, 5) is 19.3. The van der Waals surface area contributed by atoms with Crippen LogP contribution in [-0.4, -0.2) is 80.8 Å². The van der Waals surface area contributed by atoms with E-state index in [1.54, 1.807) is 24.3 Å². The molecule has 0 spiro atoms. The molecule has 7 heteroatoms. The highest BCUT2D eigenvalue weighted by atomic mass is 35.5. The van der Waals surface area contributed by atoms with Crippen LogP contribution in [0.2, 0.25) is 5.02 Å². The third kappa shape index (κ3) is 5.65. The molecule has 0 saturated carbocycles. The lowest BCUT2D eigenvalue weighted by Crippen LogP contribution is -2.54. The fourth-order valence-corrected chi connectivity index (χ4v) is 4.06. The highest BCUT2D eigenvalue weighted by Gasteiger charge is 2.27. The summed E-state index contributed by atoms with van der Waals surface area (Å²) in [6.45, 7) is 6.70. The lowest BCUT2D eigenvalue weighted by atomic mass is 10.2. The molecule has 6 nitrogen and oxygen atoms in total. The number of halogens is 1. The van der Waals surface area contributed by atoms with Crippen molar-refractivity contribution in [2.45, 2.75) is 6.10 Å². The van der Waals surface area contributed by atoms with E-state index in [0.717, 1.165) is 32.7 Å². The quantitative estimate of drug-likeness (QED) is 0.706. The van der Waals surface area contributed by atoms with E-state index < -0.39 is 0 Å². The fourth-order valence-electron chi connectivity index (χ4n) is 3.94. The molecule has 30 heavy (non-hydrogen) atoms. The van der Waals surface area contributed by atoms with Crippen molar-refractivity contribution in [1.82, 2.24) is 9.80 Å². The molecule has 160 valence electrons. The molecule has 4 rings (SSSR count). The predicted molar refractivity (Wildman–Crippen MR) is 118 cm³/mol. The largest absolute Gasteiger partial charge is 0.484 e. The van der Waals surface area contributed by atoms with Crippen LogP contribution in [0.15, 0.2) is 54.6 Å². The van der Waals surface area contributed by atoms with Gasteiger partial charge in [0.2, 0.25) is 0 Å². The Hall–Kier alpha value is -2.28. The molecular formula is C23H28ClN3O3. The standard InChI is InChI=1S/C23H28ClN3O3/c24-19-6-8-21(9-7-19)30-18-23(28)27-14-15-29-22(17-27)16-25-10-12-26(13-11-25)20-4-2-1-3-5-20/h1-9,22H,10-18H2/t22-/m1/s1. The second-order valence-electron chi connectivity index (χ2n) is 7.70. The highest BCUT2D eigenvalue weighted by molar-refractivity contribution is 6.30. The molecule has 1 amide bonds. The molecule has 2 saturated heterocycles. The number of anilines is 1. The Bertz CT molecular complexity index is 810. The molecule has 2 aromatic carbocycles. The minimum atomic E-state index is -0.00727. The zero-order valence-corrected chi connectivity index (χ0v) is 17.8. The van der Waals surface area contributed by atoms with Crippen molar-refractivity contribution in [3.8, 4) is 5.75 Å². The monoisotopic (exact) mass is 429 g/mol. The Morgan fingerprint density at radius 1 is 1.00 bits per heavy atom. The van der Waals surface area contributed by atoms with Gasteiger partial charge in [-0.3, -0.25) is 9.69 Å². The summed E-state index contributed by atoms with van der Waals surface area (Å²) in [6, 6.07) is 17.6. The molecule has 0 aliphatic carbocycles. The lowest BCUT2D eigenvalue weighted by molar-refractivity contribution is -0.141. The summed E-state index contributed by atoms with van der Waals surface area (Å²) in [6.07, 6.45) is 0.0431. The van der Waals surface area contributed by atoms with Crippen LogP contribution < -0.4 is 9.64 Å². The Kier molecular flexibility index (Phi) is 7.10. The topological polar surface area (TPSA) is 45.2 Å². The first kappa shape index (κ1) is 21.0. The first-order chi connectivity index (χ1) is 14.7. The maximum Gasteiger partial charge on any atom is 0.260 e. The van der Waals surface area contributed by atoms with Gasteiger partial charge in [0, 0.05) is 56.5 Å². The second-order valence-corrected chi connectivity index (χ2v) is 8.13. The first-order valence-electron chi connectivity index (χ1n) is 10.5. The third-order valence-corrected chi connectivity index (χ3v) is 5.87. The van der Waals surface area contributed by atoms with E-state index in [9.17, 15) is 4.79 Å². The Balaban J connectivity index is 1.21. The van der Waals surface area contributed by atoms with Crippen molar-refractivity contribution in [3.63, 3.8) is 0 Å². The molecular weight excluding hydrogens is 402 g/mol. The van der Waals surface area contributed by atoms with Crippen LogP contribution in [-0.2, 0) is 9.53 Å². The maximum absolute atomic E-state index is 12.6. The molecule has 2 aliphatic rings. The van der Waals surface area contributed by atoms with E-state index in [4.69, 9.17) is 21.1 Å². The zero-order valence-electron chi connectivity index (χ0n) is 17.1. The van der Waals surface area contributed by atoms with Gasteiger partial charge in [-0.25, -0.2) is 0 Å². The number of para-hydroxylation sites is 1. The van der Waals surface area contributed by atoms with Crippen LogP contribution in [0.4, 0.5) is 5.69 Å². The molecule has 0 radical (unpaired) electrons. The van der Waals surface area contributed by atoms with Gasteiger partial charge in [0.1, 0.15) is 5.75 Å². The molecule has 2 heterocycles. The molecule has 2 fully saturated rings. The van der Waals surface area contributed by atoms with Crippen LogP contribution in [0, 0.1) is 0 Å². The Morgan fingerprint density at radius 3 is 2.47 bits per heavy atom. The van der Waals surface area contributed by atoms with Gasteiger partial charge < -0.3 is 19.3 Å². The summed E-state index contributed by atoms with van der Waals surface area (Å²) in [5, 5.41) is 0.647. The SMILES string of the molecule is O=C(COc1ccc(Cl)cc1)N1CCO[C@H](CN2CCN(c3ccccc3)CC2)C1.